The van der Waals surface area contributed by atoms with Gasteiger partial charge in [0.2, 0.25) is 0 Å². The number of fused-ring (bicyclic) bond motifs is 2. The molecule has 12 heavy (non-hydrogen) atoms. The maximum atomic E-state index is 13.8. The molecule has 2 aliphatic heterocycles. The van der Waals surface area contributed by atoms with E-state index in [2.05, 4.69) is 12.2 Å². The van der Waals surface area contributed by atoms with Gasteiger partial charge in [0.05, 0.1) is 0 Å². The molecule has 1 unspecified atom stereocenters. The molecule has 2 heteroatoms. The average molecular weight is 171 g/mol. The van der Waals surface area contributed by atoms with Gasteiger partial charge in [0.15, 0.2) is 0 Å². The van der Waals surface area contributed by atoms with Crippen molar-refractivity contribution in [1.82, 2.24) is 5.32 Å². The van der Waals surface area contributed by atoms with E-state index >= 15 is 0 Å². The number of hydrogen-bond donors (Lipinski definition) is 1. The van der Waals surface area contributed by atoms with E-state index in [1.54, 1.807) is 0 Å². The Morgan fingerprint density at radius 2 is 2.00 bits per heavy atom. The lowest BCUT2D eigenvalue weighted by molar-refractivity contribution is 0.0598. The van der Waals surface area contributed by atoms with Crippen LogP contribution >= 0.6 is 0 Å². The maximum Gasteiger partial charge on any atom is 0.121 e. The van der Waals surface area contributed by atoms with Crippen molar-refractivity contribution in [2.24, 2.45) is 5.92 Å². The fourth-order valence-electron chi connectivity index (χ4n) is 3.15. The minimum absolute atomic E-state index is 0.219. The van der Waals surface area contributed by atoms with Gasteiger partial charge in [0, 0.05) is 11.1 Å². The lowest BCUT2D eigenvalue weighted by Gasteiger charge is -2.43. The number of halogens is 1. The molecule has 1 nitrogen and oxygen atoms in total. The number of nitrogens with one attached hydrogen (secondary N) is 1. The van der Waals surface area contributed by atoms with E-state index in [0.717, 1.165) is 19.3 Å². The number of alkyl halides is 1. The summed E-state index contributed by atoms with van der Waals surface area (Å²) < 4.78 is 13.8. The van der Waals surface area contributed by atoms with E-state index in [4.69, 9.17) is 0 Å². The van der Waals surface area contributed by atoms with Crippen molar-refractivity contribution in [3.8, 4) is 0 Å². The molecule has 2 heterocycles. The van der Waals surface area contributed by atoms with Crippen LogP contribution < -0.4 is 5.32 Å². The molecular formula is C10H18FN. The third-order valence-electron chi connectivity index (χ3n) is 3.66. The van der Waals surface area contributed by atoms with Gasteiger partial charge in [-0.2, -0.15) is 0 Å². The first-order valence-corrected chi connectivity index (χ1v) is 4.89. The second kappa shape index (κ2) is 2.22. The quantitative estimate of drug-likeness (QED) is 0.589. The number of hydrogen-bond acceptors (Lipinski definition) is 1. The lowest BCUT2D eigenvalue weighted by atomic mass is 9.80. The molecule has 4 atom stereocenters. The number of piperidine rings is 1. The van der Waals surface area contributed by atoms with Crippen LogP contribution in [0.1, 0.15) is 40.0 Å². The molecule has 2 saturated heterocycles. The van der Waals surface area contributed by atoms with Crippen molar-refractivity contribution in [3.63, 3.8) is 0 Å². The maximum absolute atomic E-state index is 13.8. The molecule has 0 aromatic rings. The van der Waals surface area contributed by atoms with Crippen LogP contribution in [0, 0.1) is 5.92 Å². The van der Waals surface area contributed by atoms with Gasteiger partial charge < -0.3 is 5.32 Å². The average Bonchev–Trinajstić information content (AvgIpc) is 2.22. The van der Waals surface area contributed by atoms with E-state index in [1.807, 2.05) is 13.8 Å². The zero-order valence-electron chi connectivity index (χ0n) is 8.15. The molecule has 70 valence electrons. The Hall–Kier alpha value is -0.110. The van der Waals surface area contributed by atoms with Crippen molar-refractivity contribution >= 4 is 0 Å². The second-order valence-corrected chi connectivity index (χ2v) is 5.19. The lowest BCUT2D eigenvalue weighted by Crippen LogP contribution is -2.59. The molecule has 0 aliphatic carbocycles. The summed E-state index contributed by atoms with van der Waals surface area (Å²) in [7, 11) is 0. The molecule has 1 N–H and O–H groups in total. The predicted molar refractivity (Wildman–Crippen MR) is 47.9 cm³/mol. The highest BCUT2D eigenvalue weighted by molar-refractivity contribution is 5.11. The molecule has 0 spiro atoms. The van der Waals surface area contributed by atoms with E-state index < -0.39 is 6.17 Å². The fourth-order valence-corrected chi connectivity index (χ4v) is 3.15. The van der Waals surface area contributed by atoms with Gasteiger partial charge >= 0.3 is 0 Å². The zero-order chi connectivity index (χ0) is 8.98. The molecule has 0 amide bonds. The van der Waals surface area contributed by atoms with Crippen molar-refractivity contribution in [3.05, 3.63) is 0 Å². The molecule has 0 radical (unpaired) electrons. The van der Waals surface area contributed by atoms with E-state index in [0.29, 0.717) is 0 Å². The summed E-state index contributed by atoms with van der Waals surface area (Å²) >= 11 is 0. The van der Waals surface area contributed by atoms with Gasteiger partial charge in [-0.1, -0.05) is 6.92 Å². The Morgan fingerprint density at radius 3 is 2.67 bits per heavy atom. The van der Waals surface area contributed by atoms with E-state index in [1.165, 1.54) is 0 Å². The van der Waals surface area contributed by atoms with Crippen LogP contribution in [0.2, 0.25) is 0 Å². The minimum Gasteiger partial charge on any atom is -0.304 e. The molecule has 0 aromatic carbocycles. The normalized spacial score (nSPS) is 59.0. The van der Waals surface area contributed by atoms with E-state index in [9.17, 15) is 4.39 Å². The van der Waals surface area contributed by atoms with Crippen LogP contribution in [-0.4, -0.2) is 17.2 Å². The Balaban J connectivity index is 2.28. The Kier molecular flexibility index (Phi) is 1.57. The topological polar surface area (TPSA) is 12.0 Å². The van der Waals surface area contributed by atoms with Crippen LogP contribution in [-0.2, 0) is 0 Å². The monoisotopic (exact) mass is 171 g/mol. The van der Waals surface area contributed by atoms with E-state index in [-0.39, 0.29) is 17.0 Å². The van der Waals surface area contributed by atoms with Crippen molar-refractivity contribution in [2.45, 2.75) is 57.3 Å². The molecule has 2 bridgehead atoms. The summed E-state index contributed by atoms with van der Waals surface area (Å²) in [5, 5.41) is 3.45. The summed E-state index contributed by atoms with van der Waals surface area (Å²) in [6.45, 7) is 6.28. The first kappa shape index (κ1) is 8.49. The van der Waals surface area contributed by atoms with Crippen molar-refractivity contribution in [2.75, 3.05) is 0 Å². The van der Waals surface area contributed by atoms with Crippen molar-refractivity contribution < 1.29 is 4.39 Å². The summed E-state index contributed by atoms with van der Waals surface area (Å²) in [6.07, 6.45) is 2.46. The predicted octanol–water partition coefficient (Wildman–Crippen LogP) is 2.27. The highest BCUT2D eigenvalue weighted by atomic mass is 19.1. The van der Waals surface area contributed by atoms with Crippen LogP contribution in [0.25, 0.3) is 0 Å². The smallest absolute Gasteiger partial charge is 0.121 e. The SMILES string of the molecule is CC1C[C@@]2(C)CC[C@](C)(N2)[C@@H]1F. The van der Waals surface area contributed by atoms with Crippen LogP contribution in [0.3, 0.4) is 0 Å². The zero-order valence-corrected chi connectivity index (χ0v) is 8.15. The standard InChI is InChI=1S/C10H18FN/c1-7-6-9(2)4-5-10(3,12-9)8(7)11/h7-8,12H,4-6H2,1-3H3/t7?,8-,9-,10+/m1/s1. The molecule has 2 fully saturated rings. The molecule has 0 saturated carbocycles. The van der Waals surface area contributed by atoms with Crippen molar-refractivity contribution in [1.29, 1.82) is 0 Å². The fraction of sp³-hybridized carbons (Fsp3) is 1.00. The second-order valence-electron chi connectivity index (χ2n) is 5.19. The summed E-state index contributed by atoms with van der Waals surface area (Å²) in [5.74, 6) is 0.226. The highest BCUT2D eigenvalue weighted by Gasteiger charge is 2.53. The molecule has 2 aliphatic rings. The van der Waals surface area contributed by atoms with Crippen LogP contribution in [0.4, 0.5) is 4.39 Å². The first-order valence-electron chi connectivity index (χ1n) is 4.89. The Bertz CT molecular complexity index is 206. The molecule has 2 rings (SSSR count). The molecular weight excluding hydrogens is 153 g/mol. The summed E-state index contributed by atoms with van der Waals surface area (Å²) in [4.78, 5) is 0. The third kappa shape index (κ3) is 1.00. The van der Waals surface area contributed by atoms with Gasteiger partial charge in [0.25, 0.3) is 0 Å². The van der Waals surface area contributed by atoms with Gasteiger partial charge in [-0.25, -0.2) is 4.39 Å². The Morgan fingerprint density at radius 1 is 1.33 bits per heavy atom. The highest BCUT2D eigenvalue weighted by Crippen LogP contribution is 2.45. The van der Waals surface area contributed by atoms with Gasteiger partial charge in [-0.15, -0.1) is 0 Å². The summed E-state index contributed by atoms with van der Waals surface area (Å²) in [5.41, 5.74) is -0.0107. The largest absolute Gasteiger partial charge is 0.304 e. The minimum atomic E-state index is -0.659. The Labute approximate surface area is 73.7 Å². The molecule has 0 aromatic heterocycles. The number of rotatable bonds is 0. The van der Waals surface area contributed by atoms with Gasteiger partial charge in [-0.05, 0) is 39.0 Å². The van der Waals surface area contributed by atoms with Crippen LogP contribution in [0.15, 0.2) is 0 Å². The third-order valence-corrected chi connectivity index (χ3v) is 3.66. The van der Waals surface area contributed by atoms with Gasteiger partial charge in [-0.3, -0.25) is 0 Å². The summed E-state index contributed by atoms with van der Waals surface area (Å²) in [6, 6.07) is 0. The first-order chi connectivity index (χ1) is 5.45. The van der Waals surface area contributed by atoms with Gasteiger partial charge in [0.1, 0.15) is 6.17 Å². The van der Waals surface area contributed by atoms with Crippen LogP contribution in [0.5, 0.6) is 0 Å².